The molecule has 0 saturated heterocycles. The maximum Gasteiger partial charge on any atom is 0.255 e. The molecule has 0 aliphatic rings. The van der Waals surface area contributed by atoms with Gasteiger partial charge in [-0.25, -0.2) is 8.42 Å². The van der Waals surface area contributed by atoms with E-state index < -0.39 is 9.84 Å². The number of carbonyl (C=O) groups excluding carboxylic acids is 1. The Bertz CT molecular complexity index is 1070. The fourth-order valence-electron chi connectivity index (χ4n) is 3.05. The zero-order valence-corrected chi connectivity index (χ0v) is 17.5. The summed E-state index contributed by atoms with van der Waals surface area (Å²) in [5.41, 5.74) is 4.12. The molecule has 0 unspecified atom stereocenters. The number of amides is 1. The molecule has 0 aliphatic heterocycles. The monoisotopic (exact) mass is 407 g/mol. The number of hydrogen-bond donors (Lipinski definition) is 1. The van der Waals surface area contributed by atoms with E-state index >= 15 is 0 Å². The number of benzene rings is 3. The van der Waals surface area contributed by atoms with Crippen LogP contribution in [0.15, 0.2) is 77.7 Å². The summed E-state index contributed by atoms with van der Waals surface area (Å²) in [6.07, 6.45) is 2.10. The summed E-state index contributed by atoms with van der Waals surface area (Å²) >= 11 is 0. The van der Waals surface area contributed by atoms with Crippen molar-refractivity contribution in [2.75, 3.05) is 5.32 Å². The van der Waals surface area contributed by atoms with Crippen LogP contribution in [0.1, 0.15) is 40.4 Å². The molecule has 29 heavy (non-hydrogen) atoms. The topological polar surface area (TPSA) is 63.2 Å². The zero-order chi connectivity index (χ0) is 20.9. The summed E-state index contributed by atoms with van der Waals surface area (Å²) in [7, 11) is -3.42. The van der Waals surface area contributed by atoms with Gasteiger partial charge >= 0.3 is 0 Å². The normalized spacial score (nSPS) is 11.2. The molecule has 0 radical (unpaired) electrons. The minimum Gasteiger partial charge on any atom is -0.322 e. The van der Waals surface area contributed by atoms with Crippen LogP contribution in [0.5, 0.6) is 0 Å². The summed E-state index contributed by atoms with van der Waals surface area (Å²) in [4.78, 5) is 12.7. The van der Waals surface area contributed by atoms with Crippen molar-refractivity contribution in [1.82, 2.24) is 0 Å². The number of rotatable bonds is 7. The number of anilines is 1. The summed E-state index contributed by atoms with van der Waals surface area (Å²) < 4.78 is 25.1. The first-order chi connectivity index (χ1) is 13.9. The van der Waals surface area contributed by atoms with Gasteiger partial charge in [0.2, 0.25) is 0 Å². The molecule has 150 valence electrons. The van der Waals surface area contributed by atoms with Gasteiger partial charge in [-0.15, -0.1) is 0 Å². The van der Waals surface area contributed by atoms with Crippen molar-refractivity contribution >= 4 is 21.4 Å². The Morgan fingerprint density at radius 1 is 0.828 bits per heavy atom. The van der Waals surface area contributed by atoms with E-state index in [2.05, 4.69) is 12.2 Å². The van der Waals surface area contributed by atoms with Crippen LogP contribution in [-0.2, 0) is 22.0 Å². The fourth-order valence-corrected chi connectivity index (χ4v) is 4.40. The molecular weight excluding hydrogens is 382 g/mol. The minimum atomic E-state index is -3.42. The maximum absolute atomic E-state index is 12.6. The molecule has 0 atom stereocenters. The average Bonchev–Trinajstić information content (AvgIpc) is 2.70. The van der Waals surface area contributed by atoms with Crippen LogP contribution in [0.25, 0.3) is 0 Å². The second-order valence-corrected chi connectivity index (χ2v) is 9.16. The molecule has 1 amide bonds. The van der Waals surface area contributed by atoms with Gasteiger partial charge in [0.1, 0.15) is 0 Å². The standard InChI is InChI=1S/C24H25NO3S/c1-3-4-19-9-13-22(14-10-19)25-24(26)21-11-7-20(8-12-21)17-29(27,28)23-15-5-18(2)6-16-23/h5-16H,3-4,17H2,1-2H3,(H,25,26). The highest BCUT2D eigenvalue weighted by molar-refractivity contribution is 7.90. The SMILES string of the molecule is CCCc1ccc(NC(=O)c2ccc(CS(=O)(=O)c3ccc(C)cc3)cc2)cc1. The lowest BCUT2D eigenvalue weighted by Crippen LogP contribution is -2.12. The quantitative estimate of drug-likeness (QED) is 0.587. The third kappa shape index (κ3) is 5.55. The maximum atomic E-state index is 12.6. The van der Waals surface area contributed by atoms with Gasteiger partial charge in [0.25, 0.3) is 5.91 Å². The third-order valence-corrected chi connectivity index (χ3v) is 6.41. The van der Waals surface area contributed by atoms with Gasteiger partial charge in [0, 0.05) is 11.3 Å². The van der Waals surface area contributed by atoms with Gasteiger partial charge in [-0.3, -0.25) is 4.79 Å². The Kier molecular flexibility index (Phi) is 6.49. The van der Waals surface area contributed by atoms with Gasteiger partial charge in [-0.2, -0.15) is 0 Å². The molecule has 3 aromatic rings. The molecule has 4 nitrogen and oxygen atoms in total. The van der Waals surface area contributed by atoms with E-state index in [1.54, 1.807) is 48.5 Å². The van der Waals surface area contributed by atoms with E-state index in [0.29, 0.717) is 16.0 Å². The number of hydrogen-bond acceptors (Lipinski definition) is 3. The van der Waals surface area contributed by atoms with Crippen molar-refractivity contribution in [1.29, 1.82) is 0 Å². The van der Waals surface area contributed by atoms with Crippen molar-refractivity contribution in [3.05, 3.63) is 95.1 Å². The van der Waals surface area contributed by atoms with Gasteiger partial charge in [0.05, 0.1) is 10.6 Å². The van der Waals surface area contributed by atoms with Crippen LogP contribution < -0.4 is 5.32 Å². The van der Waals surface area contributed by atoms with E-state index in [0.717, 1.165) is 24.1 Å². The summed E-state index contributed by atoms with van der Waals surface area (Å²) in [6, 6.07) is 21.3. The van der Waals surface area contributed by atoms with Gasteiger partial charge in [0.15, 0.2) is 9.84 Å². The van der Waals surface area contributed by atoms with Gasteiger partial charge < -0.3 is 5.32 Å². The lowest BCUT2D eigenvalue weighted by atomic mass is 10.1. The van der Waals surface area contributed by atoms with Gasteiger partial charge in [-0.1, -0.05) is 55.3 Å². The molecule has 0 aliphatic carbocycles. The molecule has 0 aromatic heterocycles. The lowest BCUT2D eigenvalue weighted by Gasteiger charge is -2.08. The van der Waals surface area contributed by atoms with Crippen LogP contribution in [0, 0.1) is 6.92 Å². The molecule has 0 saturated carbocycles. The number of nitrogens with one attached hydrogen (secondary N) is 1. The minimum absolute atomic E-state index is 0.100. The Morgan fingerprint density at radius 3 is 2.00 bits per heavy atom. The van der Waals surface area contributed by atoms with Crippen LogP contribution in [0.3, 0.4) is 0 Å². The molecule has 3 aromatic carbocycles. The van der Waals surface area contributed by atoms with Crippen LogP contribution >= 0.6 is 0 Å². The van der Waals surface area contributed by atoms with Crippen molar-refractivity contribution in [2.24, 2.45) is 0 Å². The first-order valence-electron chi connectivity index (χ1n) is 9.66. The van der Waals surface area contributed by atoms with Crippen molar-refractivity contribution in [3.8, 4) is 0 Å². The van der Waals surface area contributed by atoms with Crippen LogP contribution in [0.4, 0.5) is 5.69 Å². The summed E-state index contributed by atoms with van der Waals surface area (Å²) in [5.74, 6) is -0.321. The average molecular weight is 408 g/mol. The first kappa shape index (κ1) is 20.8. The van der Waals surface area contributed by atoms with Crippen molar-refractivity contribution < 1.29 is 13.2 Å². The number of sulfone groups is 1. The van der Waals surface area contributed by atoms with Gasteiger partial charge in [-0.05, 0) is 60.9 Å². The molecule has 3 rings (SSSR count). The van der Waals surface area contributed by atoms with Crippen molar-refractivity contribution in [3.63, 3.8) is 0 Å². The van der Waals surface area contributed by atoms with Crippen LogP contribution in [0.2, 0.25) is 0 Å². The largest absolute Gasteiger partial charge is 0.322 e. The Balaban J connectivity index is 1.66. The lowest BCUT2D eigenvalue weighted by molar-refractivity contribution is 0.102. The molecule has 0 fully saturated rings. The molecule has 1 N–H and O–H groups in total. The Morgan fingerprint density at radius 2 is 1.41 bits per heavy atom. The summed E-state index contributed by atoms with van der Waals surface area (Å²) in [6.45, 7) is 4.05. The smallest absolute Gasteiger partial charge is 0.255 e. The van der Waals surface area contributed by atoms with Crippen LogP contribution in [-0.4, -0.2) is 14.3 Å². The van der Waals surface area contributed by atoms with E-state index in [1.165, 1.54) is 5.56 Å². The molecule has 5 heteroatoms. The highest BCUT2D eigenvalue weighted by Gasteiger charge is 2.15. The highest BCUT2D eigenvalue weighted by atomic mass is 32.2. The fraction of sp³-hybridized carbons (Fsp3) is 0.208. The predicted octanol–water partition coefficient (Wildman–Crippen LogP) is 5.17. The predicted molar refractivity (Wildman–Crippen MR) is 117 cm³/mol. The second-order valence-electron chi connectivity index (χ2n) is 7.17. The molecular formula is C24H25NO3S. The Hall–Kier alpha value is -2.92. The summed E-state index contributed by atoms with van der Waals surface area (Å²) in [5, 5.41) is 2.87. The third-order valence-electron chi connectivity index (χ3n) is 4.70. The molecule has 0 heterocycles. The zero-order valence-electron chi connectivity index (χ0n) is 16.7. The molecule has 0 bridgehead atoms. The highest BCUT2D eigenvalue weighted by Crippen LogP contribution is 2.18. The second kappa shape index (κ2) is 9.05. The van der Waals surface area contributed by atoms with Crippen molar-refractivity contribution in [2.45, 2.75) is 37.3 Å². The number of carbonyl (C=O) groups is 1. The molecule has 0 spiro atoms. The van der Waals surface area contributed by atoms with E-state index in [4.69, 9.17) is 0 Å². The van der Waals surface area contributed by atoms with E-state index in [1.807, 2.05) is 31.2 Å². The van der Waals surface area contributed by atoms with E-state index in [9.17, 15) is 13.2 Å². The first-order valence-corrected chi connectivity index (χ1v) is 11.3. The Labute approximate surface area is 172 Å². The number of aryl methyl sites for hydroxylation is 2. The van der Waals surface area contributed by atoms with E-state index in [-0.39, 0.29) is 11.7 Å².